The van der Waals surface area contributed by atoms with Gasteiger partial charge in [0.15, 0.2) is 0 Å². The number of rotatable bonds is 3. The molecule has 2 atom stereocenters. The van der Waals surface area contributed by atoms with E-state index in [0.29, 0.717) is 31.5 Å². The molecule has 3 aliphatic rings. The van der Waals surface area contributed by atoms with Crippen molar-refractivity contribution in [3.05, 3.63) is 65.5 Å². The number of likely N-dealkylation sites (tertiary alicyclic amines) is 2. The summed E-state index contributed by atoms with van der Waals surface area (Å²) in [4.78, 5) is 41.9. The molecule has 0 aromatic heterocycles. The van der Waals surface area contributed by atoms with Gasteiger partial charge in [0.25, 0.3) is 0 Å². The van der Waals surface area contributed by atoms with Crippen molar-refractivity contribution in [1.29, 1.82) is 0 Å². The number of hydrogen-bond acceptors (Lipinski definition) is 3. The average molecular weight is 407 g/mol. The maximum absolute atomic E-state index is 13.6. The van der Waals surface area contributed by atoms with Gasteiger partial charge in [0.2, 0.25) is 17.7 Å². The van der Waals surface area contributed by atoms with Gasteiger partial charge in [0.05, 0.1) is 12.6 Å². The van der Waals surface area contributed by atoms with Crippen LogP contribution in [0.3, 0.4) is 0 Å². The van der Waals surface area contributed by atoms with E-state index >= 15 is 0 Å². The van der Waals surface area contributed by atoms with Crippen LogP contribution in [-0.2, 0) is 19.8 Å². The molecule has 0 aliphatic carbocycles. The molecule has 0 unspecified atom stereocenters. The van der Waals surface area contributed by atoms with Crippen LogP contribution in [0.2, 0.25) is 0 Å². The Morgan fingerprint density at radius 1 is 1.10 bits per heavy atom. The smallest absolute Gasteiger partial charge is 0.242 e. The quantitative estimate of drug-likeness (QED) is 0.850. The number of hydrogen-bond donors (Lipinski definition) is 1. The van der Waals surface area contributed by atoms with Crippen LogP contribution in [0.5, 0.6) is 0 Å². The van der Waals surface area contributed by atoms with Gasteiger partial charge >= 0.3 is 0 Å². The minimum Gasteiger partial charge on any atom is -0.333 e. The molecule has 154 valence electrons. The molecule has 6 nitrogen and oxygen atoms in total. The normalized spacial score (nSPS) is 25.2. The molecule has 2 fully saturated rings. The molecule has 2 saturated heterocycles. The first-order chi connectivity index (χ1) is 14.5. The van der Waals surface area contributed by atoms with Crippen molar-refractivity contribution in [3.63, 3.8) is 0 Å². The Hall–Kier alpha value is -3.22. The van der Waals surface area contributed by atoms with E-state index in [1.54, 1.807) is 21.9 Å². The molecule has 0 saturated carbocycles. The van der Waals surface area contributed by atoms with Crippen LogP contribution >= 0.6 is 0 Å². The van der Waals surface area contributed by atoms with Crippen molar-refractivity contribution < 1.29 is 18.8 Å². The second-order valence-electron chi connectivity index (χ2n) is 8.18. The molecule has 1 spiro atoms. The summed E-state index contributed by atoms with van der Waals surface area (Å²) in [6, 6.07) is 13.0. The number of carbonyl (C=O) groups is 3. The topological polar surface area (TPSA) is 69.7 Å². The van der Waals surface area contributed by atoms with Gasteiger partial charge in [-0.2, -0.15) is 0 Å². The third-order valence-corrected chi connectivity index (χ3v) is 6.59. The predicted octanol–water partition coefficient (Wildman–Crippen LogP) is 2.61. The highest BCUT2D eigenvalue weighted by atomic mass is 19.1. The number of benzene rings is 2. The van der Waals surface area contributed by atoms with Crippen molar-refractivity contribution in [2.24, 2.45) is 0 Å². The Kier molecular flexibility index (Phi) is 4.34. The summed E-state index contributed by atoms with van der Waals surface area (Å²) in [5.74, 6) is -0.721. The molecular weight excluding hydrogens is 385 g/mol. The number of anilines is 1. The highest BCUT2D eigenvalue weighted by Crippen LogP contribution is 2.54. The van der Waals surface area contributed by atoms with E-state index in [9.17, 15) is 18.8 Å². The molecule has 3 heterocycles. The number of para-hydroxylation sites is 1. The molecule has 5 rings (SSSR count). The lowest BCUT2D eigenvalue weighted by Gasteiger charge is -2.35. The Morgan fingerprint density at radius 2 is 1.87 bits per heavy atom. The largest absolute Gasteiger partial charge is 0.333 e. The fraction of sp³-hybridized carbons (Fsp3) is 0.348. The summed E-state index contributed by atoms with van der Waals surface area (Å²) in [5, 5.41) is 2.97. The fourth-order valence-electron chi connectivity index (χ4n) is 5.19. The Balaban J connectivity index is 1.57. The average Bonchev–Trinajstić information content (AvgIpc) is 3.41. The lowest BCUT2D eigenvalue weighted by molar-refractivity contribution is -0.139. The maximum Gasteiger partial charge on any atom is 0.242 e. The number of amides is 3. The molecule has 30 heavy (non-hydrogen) atoms. The lowest BCUT2D eigenvalue weighted by atomic mass is 9.72. The van der Waals surface area contributed by atoms with Crippen molar-refractivity contribution in [1.82, 2.24) is 9.80 Å². The fourth-order valence-corrected chi connectivity index (χ4v) is 5.19. The van der Waals surface area contributed by atoms with Crippen LogP contribution in [0, 0.1) is 5.82 Å². The van der Waals surface area contributed by atoms with Gasteiger partial charge in [-0.25, -0.2) is 4.39 Å². The summed E-state index contributed by atoms with van der Waals surface area (Å²) in [7, 11) is 0. The third kappa shape index (κ3) is 2.72. The molecular formula is C23H22FN3O3. The van der Waals surface area contributed by atoms with E-state index in [4.69, 9.17) is 0 Å². The van der Waals surface area contributed by atoms with Crippen molar-refractivity contribution in [3.8, 4) is 0 Å². The summed E-state index contributed by atoms with van der Waals surface area (Å²) in [6.07, 6.45) is 1.69. The summed E-state index contributed by atoms with van der Waals surface area (Å²) in [5.41, 5.74) is 1.39. The number of nitrogens with one attached hydrogen (secondary N) is 1. The van der Waals surface area contributed by atoms with E-state index in [1.165, 1.54) is 12.1 Å². The molecule has 2 aromatic rings. The standard InChI is InChI=1S/C23H22FN3O3/c24-16-9-7-15(8-10-16)21-23(17-4-1-2-5-18(17)25-22(23)30)11-13-27(21)20(29)14-26-12-3-6-19(26)28/h1-2,4-5,7-10,21H,3,6,11-14H2,(H,25,30)/t21-,23+/m0/s1. The van der Waals surface area contributed by atoms with Crippen LogP contribution in [0.15, 0.2) is 48.5 Å². The highest BCUT2D eigenvalue weighted by molar-refractivity contribution is 6.07. The van der Waals surface area contributed by atoms with Crippen LogP contribution < -0.4 is 5.32 Å². The number of nitrogens with zero attached hydrogens (tertiary/aromatic N) is 2. The second kappa shape index (κ2) is 6.93. The number of carbonyl (C=O) groups excluding carboxylic acids is 3. The zero-order valence-corrected chi connectivity index (χ0v) is 16.4. The van der Waals surface area contributed by atoms with E-state index in [1.807, 2.05) is 24.3 Å². The summed E-state index contributed by atoms with van der Waals surface area (Å²) < 4.78 is 13.6. The van der Waals surface area contributed by atoms with Gasteiger partial charge in [-0.3, -0.25) is 14.4 Å². The Labute approximate surface area is 173 Å². The van der Waals surface area contributed by atoms with Crippen LogP contribution in [0.1, 0.15) is 36.4 Å². The third-order valence-electron chi connectivity index (χ3n) is 6.59. The first-order valence-corrected chi connectivity index (χ1v) is 10.2. The van der Waals surface area contributed by atoms with Gasteiger partial charge in [0, 0.05) is 25.2 Å². The first-order valence-electron chi connectivity index (χ1n) is 10.2. The maximum atomic E-state index is 13.6. The zero-order chi connectivity index (χ0) is 20.9. The van der Waals surface area contributed by atoms with Crippen LogP contribution in [0.4, 0.5) is 10.1 Å². The Bertz CT molecular complexity index is 1040. The van der Waals surface area contributed by atoms with Crippen molar-refractivity contribution >= 4 is 23.4 Å². The number of fused-ring (bicyclic) bond motifs is 2. The number of halogens is 1. The molecule has 7 heteroatoms. The zero-order valence-electron chi connectivity index (χ0n) is 16.4. The van der Waals surface area contributed by atoms with Crippen molar-refractivity contribution in [2.75, 3.05) is 25.0 Å². The SMILES string of the molecule is O=C1CCCN1CC(=O)N1CC[C@]2(C(=O)Nc3ccccc32)[C@@H]1c1ccc(F)cc1. The predicted molar refractivity (Wildman–Crippen MR) is 108 cm³/mol. The molecule has 1 N–H and O–H groups in total. The van der Waals surface area contributed by atoms with Crippen LogP contribution in [0.25, 0.3) is 0 Å². The molecule has 0 radical (unpaired) electrons. The Morgan fingerprint density at radius 3 is 2.60 bits per heavy atom. The molecule has 2 aromatic carbocycles. The minimum atomic E-state index is -0.931. The van der Waals surface area contributed by atoms with Gasteiger partial charge in [-0.1, -0.05) is 30.3 Å². The van der Waals surface area contributed by atoms with Gasteiger partial charge < -0.3 is 15.1 Å². The van der Waals surface area contributed by atoms with E-state index in [0.717, 1.165) is 17.7 Å². The summed E-state index contributed by atoms with van der Waals surface area (Å²) in [6.45, 7) is 0.981. The van der Waals surface area contributed by atoms with Gasteiger partial charge in [0.1, 0.15) is 11.2 Å². The minimum absolute atomic E-state index is 0.00980. The van der Waals surface area contributed by atoms with E-state index in [2.05, 4.69) is 5.32 Å². The molecule has 0 bridgehead atoms. The lowest BCUT2D eigenvalue weighted by Crippen LogP contribution is -2.45. The summed E-state index contributed by atoms with van der Waals surface area (Å²) >= 11 is 0. The first kappa shape index (κ1) is 18.8. The van der Waals surface area contributed by atoms with E-state index < -0.39 is 11.5 Å². The monoisotopic (exact) mass is 407 g/mol. The van der Waals surface area contributed by atoms with Crippen molar-refractivity contribution in [2.45, 2.75) is 30.7 Å². The molecule has 3 amide bonds. The van der Waals surface area contributed by atoms with Gasteiger partial charge in [-0.15, -0.1) is 0 Å². The molecule has 3 aliphatic heterocycles. The van der Waals surface area contributed by atoms with Gasteiger partial charge in [-0.05, 0) is 42.2 Å². The van der Waals surface area contributed by atoms with Crippen LogP contribution in [-0.4, -0.2) is 47.2 Å². The highest BCUT2D eigenvalue weighted by Gasteiger charge is 2.59. The second-order valence-corrected chi connectivity index (χ2v) is 8.18. The van der Waals surface area contributed by atoms with E-state index in [-0.39, 0.29) is 30.1 Å².